The zero-order valence-electron chi connectivity index (χ0n) is 15.0. The highest BCUT2D eigenvalue weighted by atomic mass is 32.2. The van der Waals surface area contributed by atoms with Gasteiger partial charge in [0, 0.05) is 27.1 Å². The average molecular weight is 369 g/mol. The Kier molecular flexibility index (Phi) is 6.58. The van der Waals surface area contributed by atoms with Crippen LogP contribution in [-0.2, 0) is 4.79 Å². The summed E-state index contributed by atoms with van der Waals surface area (Å²) in [5.74, 6) is 7.05. The Morgan fingerprint density at radius 2 is 2.12 bits per heavy atom. The molecule has 134 valence electrons. The van der Waals surface area contributed by atoms with E-state index in [1.54, 1.807) is 6.92 Å². The van der Waals surface area contributed by atoms with Crippen LogP contribution in [0, 0.1) is 11.8 Å². The summed E-state index contributed by atoms with van der Waals surface area (Å²) in [7, 11) is 3.81. The zero-order valence-corrected chi connectivity index (χ0v) is 15.8. The minimum atomic E-state index is -0.236. The van der Waals surface area contributed by atoms with Gasteiger partial charge in [-0.3, -0.25) is 4.79 Å². The number of ether oxygens (including phenoxy) is 1. The number of nitrogens with zero attached hydrogens (tertiary/aromatic N) is 4. The minimum absolute atomic E-state index is 0.236. The van der Waals surface area contributed by atoms with E-state index >= 15 is 0 Å². The van der Waals surface area contributed by atoms with Gasteiger partial charge in [-0.05, 0) is 30.8 Å². The third-order valence-corrected chi connectivity index (χ3v) is 3.72. The van der Waals surface area contributed by atoms with E-state index in [9.17, 15) is 4.79 Å². The first kappa shape index (κ1) is 19.3. The number of hydrogen-bond acceptors (Lipinski definition) is 7. The summed E-state index contributed by atoms with van der Waals surface area (Å²) >= 11 is 1.25. The Morgan fingerprint density at radius 1 is 1.35 bits per heavy atom. The Hall–Kier alpha value is -3.05. The standard InChI is InChI=1S/C18H19N5O2S/c1-6-8-13-9-10-16(22-17(13)23(4)5)26-18-20-14(19-12(3)24)11-15(21-18)25-7-2/h7,9-11H,2H2,1,3-5H3,(H,19,20,21,24). The van der Waals surface area contributed by atoms with E-state index in [1.165, 1.54) is 31.0 Å². The van der Waals surface area contributed by atoms with Crippen molar-refractivity contribution in [3.63, 3.8) is 0 Å². The average Bonchev–Trinajstić information content (AvgIpc) is 2.55. The van der Waals surface area contributed by atoms with Crippen LogP contribution in [-0.4, -0.2) is 35.0 Å². The lowest BCUT2D eigenvalue weighted by molar-refractivity contribution is -0.114. The van der Waals surface area contributed by atoms with Crippen LogP contribution in [0.2, 0.25) is 0 Å². The van der Waals surface area contributed by atoms with Gasteiger partial charge in [0.05, 0.1) is 11.8 Å². The van der Waals surface area contributed by atoms with Gasteiger partial charge >= 0.3 is 0 Å². The highest BCUT2D eigenvalue weighted by Gasteiger charge is 2.12. The van der Waals surface area contributed by atoms with Gasteiger partial charge in [0.25, 0.3) is 0 Å². The van der Waals surface area contributed by atoms with Crippen LogP contribution in [0.4, 0.5) is 11.6 Å². The highest BCUT2D eigenvalue weighted by Crippen LogP contribution is 2.29. The number of nitrogens with one attached hydrogen (secondary N) is 1. The van der Waals surface area contributed by atoms with E-state index in [2.05, 4.69) is 38.7 Å². The number of carbonyl (C=O) groups is 1. The molecule has 0 aliphatic carbocycles. The zero-order chi connectivity index (χ0) is 19.1. The predicted octanol–water partition coefficient (Wildman–Crippen LogP) is 2.94. The number of amides is 1. The number of hydrogen-bond donors (Lipinski definition) is 1. The van der Waals surface area contributed by atoms with Crippen molar-refractivity contribution in [2.75, 3.05) is 24.3 Å². The van der Waals surface area contributed by atoms with Crippen molar-refractivity contribution in [3.05, 3.63) is 36.6 Å². The summed E-state index contributed by atoms with van der Waals surface area (Å²) in [6.07, 6.45) is 1.26. The van der Waals surface area contributed by atoms with Gasteiger partial charge in [0.1, 0.15) is 16.7 Å². The molecule has 0 aromatic carbocycles. The van der Waals surface area contributed by atoms with Crippen LogP contribution < -0.4 is 15.0 Å². The molecule has 0 aliphatic heterocycles. The molecule has 8 heteroatoms. The molecule has 2 aromatic rings. The SMILES string of the molecule is C=COc1cc(NC(C)=O)nc(Sc2ccc(C#CC)c(N(C)C)n2)n1. The Labute approximate surface area is 156 Å². The fourth-order valence-electron chi connectivity index (χ4n) is 1.99. The monoisotopic (exact) mass is 369 g/mol. The maximum atomic E-state index is 11.3. The molecule has 0 bridgehead atoms. The lowest BCUT2D eigenvalue weighted by Gasteiger charge is -2.14. The molecule has 1 N–H and O–H groups in total. The number of anilines is 2. The van der Waals surface area contributed by atoms with E-state index < -0.39 is 0 Å². The molecule has 0 fully saturated rings. The largest absolute Gasteiger partial charge is 0.447 e. The summed E-state index contributed by atoms with van der Waals surface area (Å²) < 4.78 is 5.22. The number of aromatic nitrogens is 3. The molecule has 0 unspecified atom stereocenters. The molecule has 2 heterocycles. The topological polar surface area (TPSA) is 80.2 Å². The van der Waals surface area contributed by atoms with Crippen molar-refractivity contribution < 1.29 is 9.53 Å². The summed E-state index contributed by atoms with van der Waals surface area (Å²) in [6.45, 7) is 6.70. The second-order valence-electron chi connectivity index (χ2n) is 5.23. The van der Waals surface area contributed by atoms with Crippen LogP contribution >= 0.6 is 11.8 Å². The number of carbonyl (C=O) groups excluding carboxylic acids is 1. The van der Waals surface area contributed by atoms with E-state index in [1.807, 2.05) is 31.1 Å². The Bertz CT molecular complexity index is 887. The Balaban J connectivity index is 2.38. The smallest absolute Gasteiger partial charge is 0.224 e. The third-order valence-electron chi connectivity index (χ3n) is 2.92. The lowest BCUT2D eigenvalue weighted by atomic mass is 10.2. The molecule has 0 aliphatic rings. The minimum Gasteiger partial charge on any atom is -0.447 e. The maximum Gasteiger partial charge on any atom is 0.224 e. The van der Waals surface area contributed by atoms with Crippen molar-refractivity contribution in [2.24, 2.45) is 0 Å². The molecular formula is C18H19N5O2S. The van der Waals surface area contributed by atoms with Crippen LogP contribution in [0.25, 0.3) is 0 Å². The molecule has 0 spiro atoms. The van der Waals surface area contributed by atoms with E-state index in [0.29, 0.717) is 16.0 Å². The van der Waals surface area contributed by atoms with Crippen LogP contribution in [0.1, 0.15) is 19.4 Å². The van der Waals surface area contributed by atoms with Crippen molar-refractivity contribution in [1.29, 1.82) is 0 Å². The molecule has 1 amide bonds. The number of rotatable bonds is 6. The van der Waals surface area contributed by atoms with Gasteiger partial charge < -0.3 is 15.0 Å². The normalized spacial score (nSPS) is 9.69. The Morgan fingerprint density at radius 3 is 2.73 bits per heavy atom. The van der Waals surface area contributed by atoms with Gasteiger partial charge in [0.15, 0.2) is 5.16 Å². The van der Waals surface area contributed by atoms with Gasteiger partial charge in [-0.15, -0.1) is 5.92 Å². The number of pyridine rings is 1. The molecule has 0 saturated heterocycles. The first-order valence-electron chi connectivity index (χ1n) is 7.66. The molecule has 0 atom stereocenters. The van der Waals surface area contributed by atoms with Crippen LogP contribution in [0.5, 0.6) is 5.88 Å². The van der Waals surface area contributed by atoms with E-state index in [4.69, 9.17) is 4.74 Å². The summed E-state index contributed by atoms with van der Waals surface area (Å²) in [4.78, 5) is 26.4. The first-order chi connectivity index (χ1) is 12.4. The van der Waals surface area contributed by atoms with Crippen LogP contribution in [0.3, 0.4) is 0 Å². The molecule has 0 radical (unpaired) electrons. The third kappa shape index (κ3) is 5.22. The highest BCUT2D eigenvalue weighted by molar-refractivity contribution is 7.99. The van der Waals surface area contributed by atoms with Crippen molar-refractivity contribution >= 4 is 29.3 Å². The molecular weight excluding hydrogens is 350 g/mol. The van der Waals surface area contributed by atoms with Gasteiger partial charge in [0.2, 0.25) is 11.8 Å². The molecule has 26 heavy (non-hydrogen) atoms. The van der Waals surface area contributed by atoms with Crippen molar-refractivity contribution in [1.82, 2.24) is 15.0 Å². The predicted molar refractivity (Wildman–Crippen MR) is 102 cm³/mol. The maximum absolute atomic E-state index is 11.3. The first-order valence-corrected chi connectivity index (χ1v) is 8.47. The van der Waals surface area contributed by atoms with Crippen molar-refractivity contribution in [3.8, 4) is 17.7 Å². The molecule has 2 rings (SSSR count). The summed E-state index contributed by atoms with van der Waals surface area (Å²) in [6, 6.07) is 5.27. The lowest BCUT2D eigenvalue weighted by Crippen LogP contribution is -2.13. The molecule has 0 saturated carbocycles. The van der Waals surface area contributed by atoms with Crippen LogP contribution in [0.15, 0.2) is 41.2 Å². The second kappa shape index (κ2) is 8.87. The van der Waals surface area contributed by atoms with Gasteiger partial charge in [-0.25, -0.2) is 9.97 Å². The second-order valence-corrected chi connectivity index (χ2v) is 6.22. The summed E-state index contributed by atoms with van der Waals surface area (Å²) in [5.41, 5.74) is 0.838. The quantitative estimate of drug-likeness (QED) is 0.476. The molecule has 7 nitrogen and oxygen atoms in total. The van der Waals surface area contributed by atoms with E-state index in [0.717, 1.165) is 11.4 Å². The van der Waals surface area contributed by atoms with E-state index in [-0.39, 0.29) is 11.8 Å². The fourth-order valence-corrected chi connectivity index (χ4v) is 2.73. The summed E-state index contributed by atoms with van der Waals surface area (Å²) in [5, 5.41) is 3.70. The van der Waals surface area contributed by atoms with Gasteiger partial charge in [-0.1, -0.05) is 12.5 Å². The fraction of sp³-hybridized carbons (Fsp3) is 0.222. The molecule has 2 aromatic heterocycles. The van der Waals surface area contributed by atoms with Crippen molar-refractivity contribution in [2.45, 2.75) is 24.0 Å². The van der Waals surface area contributed by atoms with Gasteiger partial charge in [-0.2, -0.15) is 4.98 Å².